The molecule has 0 aliphatic rings. The van der Waals surface area contributed by atoms with Gasteiger partial charge >= 0.3 is 5.97 Å². The van der Waals surface area contributed by atoms with Crippen molar-refractivity contribution >= 4 is 38.7 Å². The van der Waals surface area contributed by atoms with E-state index in [0.29, 0.717) is 11.2 Å². The van der Waals surface area contributed by atoms with Crippen molar-refractivity contribution in [3.8, 4) is 11.3 Å². The lowest BCUT2D eigenvalue weighted by molar-refractivity contribution is 0.0699. The van der Waals surface area contributed by atoms with Crippen LogP contribution in [0, 0.1) is 0 Å². The Kier molecular flexibility index (Phi) is 5.23. The minimum atomic E-state index is -3.67. The van der Waals surface area contributed by atoms with Gasteiger partial charge in [0.1, 0.15) is 0 Å². The Balaban J connectivity index is 2.22. The van der Waals surface area contributed by atoms with Crippen LogP contribution < -0.4 is 0 Å². The molecule has 0 spiro atoms. The van der Waals surface area contributed by atoms with E-state index in [1.54, 1.807) is 11.8 Å². The van der Waals surface area contributed by atoms with Gasteiger partial charge in [0.15, 0.2) is 0 Å². The van der Waals surface area contributed by atoms with Crippen LogP contribution in [0.1, 0.15) is 10.4 Å². The van der Waals surface area contributed by atoms with Crippen LogP contribution in [0.25, 0.3) is 22.2 Å². The van der Waals surface area contributed by atoms with Gasteiger partial charge < -0.3 is 5.11 Å². The second kappa shape index (κ2) is 7.30. The van der Waals surface area contributed by atoms with Gasteiger partial charge in [-0.1, -0.05) is 12.1 Å². The Morgan fingerprint density at radius 1 is 1.07 bits per heavy atom. The van der Waals surface area contributed by atoms with E-state index in [1.165, 1.54) is 38.4 Å². The maximum atomic E-state index is 12.4. The third kappa shape index (κ3) is 3.69. The molecule has 8 heteroatoms. The van der Waals surface area contributed by atoms with E-state index in [1.807, 2.05) is 30.5 Å². The first kappa shape index (κ1) is 19.3. The number of pyridine rings is 1. The number of sulfonamides is 1. The summed E-state index contributed by atoms with van der Waals surface area (Å²) in [5.74, 6) is -1.14. The summed E-state index contributed by atoms with van der Waals surface area (Å²) >= 11 is 1.61. The molecular formula is C19H18N2O4S2. The molecule has 1 heterocycles. The van der Waals surface area contributed by atoms with E-state index >= 15 is 0 Å². The summed E-state index contributed by atoms with van der Waals surface area (Å²) in [5, 5.41) is 9.94. The Bertz CT molecular complexity index is 1120. The van der Waals surface area contributed by atoms with Gasteiger partial charge in [0.05, 0.1) is 21.7 Å². The summed E-state index contributed by atoms with van der Waals surface area (Å²) < 4.78 is 25.8. The molecule has 1 N–H and O–H groups in total. The number of fused-ring (bicyclic) bond motifs is 1. The maximum Gasteiger partial charge on any atom is 0.336 e. The lowest BCUT2D eigenvalue weighted by atomic mass is 10.0. The summed E-state index contributed by atoms with van der Waals surface area (Å²) in [5.41, 5.74) is 1.76. The Morgan fingerprint density at radius 3 is 2.30 bits per heavy atom. The molecule has 3 aromatic rings. The van der Waals surface area contributed by atoms with Crippen molar-refractivity contribution in [3.05, 3.63) is 54.1 Å². The van der Waals surface area contributed by atoms with E-state index in [0.717, 1.165) is 14.8 Å². The van der Waals surface area contributed by atoms with Gasteiger partial charge in [-0.2, -0.15) is 0 Å². The zero-order valence-electron chi connectivity index (χ0n) is 15.0. The SMILES string of the molecule is CSc1ccc(-c2cc(C(=O)O)c3cc(S(=O)(=O)N(C)C)ccc3n2)cc1. The first-order valence-corrected chi connectivity index (χ1v) is 10.7. The number of aromatic nitrogens is 1. The second-order valence-electron chi connectivity index (χ2n) is 6.06. The number of aromatic carboxylic acids is 1. The fourth-order valence-electron chi connectivity index (χ4n) is 2.66. The van der Waals surface area contributed by atoms with Crippen molar-refractivity contribution in [2.75, 3.05) is 20.4 Å². The van der Waals surface area contributed by atoms with E-state index in [9.17, 15) is 18.3 Å². The van der Waals surface area contributed by atoms with Crippen LogP contribution in [0.2, 0.25) is 0 Å². The normalized spacial score (nSPS) is 11.9. The third-order valence-corrected chi connectivity index (χ3v) is 6.73. The van der Waals surface area contributed by atoms with Gasteiger partial charge in [-0.3, -0.25) is 0 Å². The average Bonchev–Trinajstić information content (AvgIpc) is 2.66. The zero-order valence-corrected chi connectivity index (χ0v) is 16.6. The van der Waals surface area contributed by atoms with E-state index in [4.69, 9.17) is 0 Å². The molecule has 0 unspecified atom stereocenters. The molecule has 0 saturated heterocycles. The molecule has 0 saturated carbocycles. The number of nitrogens with zero attached hydrogens (tertiary/aromatic N) is 2. The van der Waals surface area contributed by atoms with Gasteiger partial charge in [0, 0.05) is 29.9 Å². The van der Waals surface area contributed by atoms with Gasteiger partial charge in [-0.25, -0.2) is 22.5 Å². The molecular weight excluding hydrogens is 384 g/mol. The number of carboxylic acids is 1. The smallest absolute Gasteiger partial charge is 0.336 e. The van der Waals surface area contributed by atoms with Crippen molar-refractivity contribution in [3.63, 3.8) is 0 Å². The fourth-order valence-corrected chi connectivity index (χ4v) is 4.00. The van der Waals surface area contributed by atoms with E-state index in [2.05, 4.69) is 4.98 Å². The van der Waals surface area contributed by atoms with Crippen LogP contribution in [0.3, 0.4) is 0 Å². The van der Waals surface area contributed by atoms with Crippen LogP contribution in [0.4, 0.5) is 0 Å². The van der Waals surface area contributed by atoms with Crippen LogP contribution in [-0.4, -0.2) is 49.1 Å². The van der Waals surface area contributed by atoms with Gasteiger partial charge in [0.25, 0.3) is 0 Å². The molecule has 0 aliphatic heterocycles. The minimum Gasteiger partial charge on any atom is -0.478 e. The molecule has 0 bridgehead atoms. The highest BCUT2D eigenvalue weighted by Crippen LogP contribution is 2.28. The number of rotatable bonds is 5. The standard InChI is InChI=1S/C19H18N2O4S2/c1-21(2)27(24,25)14-8-9-17-15(10-14)16(19(22)23)11-18(20-17)12-4-6-13(26-3)7-5-12/h4-11H,1-3H3,(H,22,23). The zero-order chi connectivity index (χ0) is 19.8. The third-order valence-electron chi connectivity index (χ3n) is 4.17. The molecule has 2 aromatic carbocycles. The predicted octanol–water partition coefficient (Wildman–Crippen LogP) is 3.57. The van der Waals surface area contributed by atoms with Gasteiger partial charge in [-0.15, -0.1) is 11.8 Å². The van der Waals surface area contributed by atoms with Crippen molar-refractivity contribution in [1.29, 1.82) is 0 Å². The molecule has 0 radical (unpaired) electrons. The van der Waals surface area contributed by atoms with Crippen molar-refractivity contribution < 1.29 is 18.3 Å². The monoisotopic (exact) mass is 402 g/mol. The summed E-state index contributed by atoms with van der Waals surface area (Å²) in [6, 6.07) is 13.5. The summed E-state index contributed by atoms with van der Waals surface area (Å²) in [4.78, 5) is 17.5. The molecule has 1 aromatic heterocycles. The van der Waals surface area contributed by atoms with Crippen molar-refractivity contribution in [2.45, 2.75) is 9.79 Å². The van der Waals surface area contributed by atoms with Crippen LogP contribution in [-0.2, 0) is 10.0 Å². The summed E-state index contributed by atoms with van der Waals surface area (Å²) in [6.45, 7) is 0. The maximum absolute atomic E-state index is 12.4. The predicted molar refractivity (Wildman–Crippen MR) is 107 cm³/mol. The molecule has 0 aliphatic carbocycles. The van der Waals surface area contributed by atoms with E-state index in [-0.39, 0.29) is 15.8 Å². The summed E-state index contributed by atoms with van der Waals surface area (Å²) in [7, 11) is -0.815. The Labute approximate surface area is 161 Å². The van der Waals surface area contributed by atoms with Gasteiger partial charge in [0.2, 0.25) is 10.0 Å². The second-order valence-corrected chi connectivity index (χ2v) is 9.09. The van der Waals surface area contributed by atoms with Crippen molar-refractivity contribution in [2.24, 2.45) is 0 Å². The highest BCUT2D eigenvalue weighted by Gasteiger charge is 2.20. The molecule has 0 fully saturated rings. The lowest BCUT2D eigenvalue weighted by Crippen LogP contribution is -2.22. The Hall–Kier alpha value is -2.42. The molecule has 27 heavy (non-hydrogen) atoms. The number of hydrogen-bond acceptors (Lipinski definition) is 5. The fraction of sp³-hybridized carbons (Fsp3) is 0.158. The molecule has 0 amide bonds. The molecule has 6 nitrogen and oxygen atoms in total. The quantitative estimate of drug-likeness (QED) is 0.657. The largest absolute Gasteiger partial charge is 0.478 e. The molecule has 3 rings (SSSR count). The highest BCUT2D eigenvalue weighted by atomic mass is 32.2. The number of hydrogen-bond donors (Lipinski definition) is 1. The van der Waals surface area contributed by atoms with Crippen LogP contribution in [0.5, 0.6) is 0 Å². The lowest BCUT2D eigenvalue weighted by Gasteiger charge is -2.13. The first-order chi connectivity index (χ1) is 12.7. The number of thioether (sulfide) groups is 1. The van der Waals surface area contributed by atoms with E-state index < -0.39 is 16.0 Å². The topological polar surface area (TPSA) is 87.6 Å². The number of carboxylic acid groups (broad SMARTS) is 1. The minimum absolute atomic E-state index is 0.0137. The average molecular weight is 402 g/mol. The van der Waals surface area contributed by atoms with Crippen LogP contribution in [0.15, 0.2) is 58.3 Å². The Morgan fingerprint density at radius 2 is 1.74 bits per heavy atom. The van der Waals surface area contributed by atoms with Crippen molar-refractivity contribution in [1.82, 2.24) is 9.29 Å². The number of carbonyl (C=O) groups is 1. The number of benzene rings is 2. The van der Waals surface area contributed by atoms with Crippen LogP contribution >= 0.6 is 11.8 Å². The molecule has 0 atom stereocenters. The van der Waals surface area contributed by atoms with Gasteiger partial charge in [-0.05, 0) is 42.7 Å². The molecule has 140 valence electrons. The highest BCUT2D eigenvalue weighted by molar-refractivity contribution is 7.98. The summed E-state index contributed by atoms with van der Waals surface area (Å²) in [6.07, 6.45) is 1.98. The first-order valence-electron chi connectivity index (χ1n) is 7.99.